The molecule has 0 spiro atoms. The van der Waals surface area contributed by atoms with E-state index in [1.807, 2.05) is 12.1 Å². The molecule has 0 bridgehead atoms. The molecule has 1 aromatic rings. The number of benzene rings is 1. The molecule has 0 aromatic heterocycles. The number of hydrogen-bond acceptors (Lipinski definition) is 3. The second-order valence-electron chi connectivity index (χ2n) is 4.53. The Morgan fingerprint density at radius 3 is 2.67 bits per heavy atom. The summed E-state index contributed by atoms with van der Waals surface area (Å²) < 4.78 is 5.71. The van der Waals surface area contributed by atoms with Crippen LogP contribution in [0, 0.1) is 6.92 Å². The highest BCUT2D eigenvalue weighted by atomic mass is 16.5. The number of aliphatic hydroxyl groups excluding tert-OH is 1. The summed E-state index contributed by atoms with van der Waals surface area (Å²) in [6, 6.07) is 8.14. The molecule has 1 rings (SSSR count). The Kier molecular flexibility index (Phi) is 7.46. The molecule has 18 heavy (non-hydrogen) atoms. The molecule has 0 aliphatic rings. The van der Waals surface area contributed by atoms with Crippen LogP contribution in [0.1, 0.15) is 25.3 Å². The Morgan fingerprint density at radius 2 is 2.00 bits per heavy atom. The van der Waals surface area contributed by atoms with E-state index in [-0.39, 0.29) is 6.61 Å². The van der Waals surface area contributed by atoms with Gasteiger partial charge in [-0.25, -0.2) is 0 Å². The molecule has 1 aromatic carbocycles. The van der Waals surface area contributed by atoms with Crippen LogP contribution in [0.4, 0.5) is 0 Å². The van der Waals surface area contributed by atoms with E-state index in [9.17, 15) is 0 Å². The average molecular weight is 251 g/mol. The summed E-state index contributed by atoms with van der Waals surface area (Å²) in [6.45, 7) is 8.28. The standard InChI is InChI=1S/C15H25NO2/c1-3-16(9-5-11-17)10-6-12-18-15-8-4-7-14(2)13-15/h4,7-8,13,17H,3,5-6,9-12H2,1-2H3. The van der Waals surface area contributed by atoms with Gasteiger partial charge in [-0.05, 0) is 44.0 Å². The smallest absolute Gasteiger partial charge is 0.119 e. The minimum Gasteiger partial charge on any atom is -0.494 e. The van der Waals surface area contributed by atoms with Crippen molar-refractivity contribution in [1.29, 1.82) is 0 Å². The van der Waals surface area contributed by atoms with E-state index in [0.29, 0.717) is 0 Å². The van der Waals surface area contributed by atoms with E-state index in [2.05, 4.69) is 30.9 Å². The van der Waals surface area contributed by atoms with Crippen LogP contribution in [0.2, 0.25) is 0 Å². The Bertz CT molecular complexity index is 328. The first-order valence-corrected chi connectivity index (χ1v) is 6.79. The van der Waals surface area contributed by atoms with Crippen LogP contribution in [0.15, 0.2) is 24.3 Å². The molecule has 102 valence electrons. The van der Waals surface area contributed by atoms with E-state index < -0.39 is 0 Å². The van der Waals surface area contributed by atoms with Crippen molar-refractivity contribution >= 4 is 0 Å². The average Bonchev–Trinajstić information content (AvgIpc) is 2.38. The first-order valence-electron chi connectivity index (χ1n) is 6.79. The van der Waals surface area contributed by atoms with Crippen LogP contribution in [0.25, 0.3) is 0 Å². The van der Waals surface area contributed by atoms with Crippen LogP contribution in [0.3, 0.4) is 0 Å². The summed E-state index contributed by atoms with van der Waals surface area (Å²) in [5.41, 5.74) is 1.23. The molecular weight excluding hydrogens is 226 g/mol. The van der Waals surface area contributed by atoms with E-state index in [1.54, 1.807) is 0 Å². The van der Waals surface area contributed by atoms with Gasteiger partial charge in [0.25, 0.3) is 0 Å². The molecule has 0 unspecified atom stereocenters. The zero-order chi connectivity index (χ0) is 13.2. The van der Waals surface area contributed by atoms with Gasteiger partial charge in [0.05, 0.1) is 6.61 Å². The largest absolute Gasteiger partial charge is 0.494 e. The van der Waals surface area contributed by atoms with Crippen LogP contribution in [-0.4, -0.2) is 42.9 Å². The molecule has 0 fully saturated rings. The van der Waals surface area contributed by atoms with Gasteiger partial charge in [-0.1, -0.05) is 19.1 Å². The van der Waals surface area contributed by atoms with Gasteiger partial charge in [-0.2, -0.15) is 0 Å². The first-order chi connectivity index (χ1) is 8.76. The number of hydrogen-bond donors (Lipinski definition) is 1. The fourth-order valence-corrected chi connectivity index (χ4v) is 1.91. The Labute approximate surface area is 110 Å². The maximum absolute atomic E-state index is 8.81. The van der Waals surface area contributed by atoms with Gasteiger partial charge < -0.3 is 14.7 Å². The van der Waals surface area contributed by atoms with Crippen molar-refractivity contribution in [3.05, 3.63) is 29.8 Å². The zero-order valence-corrected chi connectivity index (χ0v) is 11.6. The Balaban J connectivity index is 2.17. The van der Waals surface area contributed by atoms with Gasteiger partial charge >= 0.3 is 0 Å². The molecular formula is C15H25NO2. The quantitative estimate of drug-likeness (QED) is 0.684. The van der Waals surface area contributed by atoms with Crippen LogP contribution >= 0.6 is 0 Å². The number of aliphatic hydroxyl groups is 1. The van der Waals surface area contributed by atoms with Gasteiger partial charge in [0.1, 0.15) is 5.75 Å². The van der Waals surface area contributed by atoms with Crippen molar-refractivity contribution in [3.8, 4) is 5.75 Å². The second-order valence-corrected chi connectivity index (χ2v) is 4.53. The molecule has 0 amide bonds. The van der Waals surface area contributed by atoms with Crippen LogP contribution < -0.4 is 4.74 Å². The summed E-state index contributed by atoms with van der Waals surface area (Å²) in [5, 5.41) is 8.81. The molecule has 0 aliphatic carbocycles. The van der Waals surface area contributed by atoms with Crippen molar-refractivity contribution < 1.29 is 9.84 Å². The summed E-state index contributed by atoms with van der Waals surface area (Å²) in [5.74, 6) is 0.952. The minimum atomic E-state index is 0.274. The highest BCUT2D eigenvalue weighted by Crippen LogP contribution is 2.12. The van der Waals surface area contributed by atoms with Crippen LogP contribution in [-0.2, 0) is 0 Å². The maximum Gasteiger partial charge on any atom is 0.119 e. The molecule has 3 nitrogen and oxygen atoms in total. The zero-order valence-electron chi connectivity index (χ0n) is 11.6. The van der Waals surface area contributed by atoms with E-state index in [4.69, 9.17) is 9.84 Å². The van der Waals surface area contributed by atoms with Crippen LogP contribution in [0.5, 0.6) is 5.75 Å². The van der Waals surface area contributed by atoms with Gasteiger partial charge in [-0.3, -0.25) is 0 Å². The lowest BCUT2D eigenvalue weighted by Gasteiger charge is -2.19. The van der Waals surface area contributed by atoms with Crippen molar-refractivity contribution in [1.82, 2.24) is 4.90 Å². The third kappa shape index (κ3) is 6.03. The lowest BCUT2D eigenvalue weighted by atomic mass is 10.2. The summed E-state index contributed by atoms with van der Waals surface area (Å²) >= 11 is 0. The third-order valence-electron chi connectivity index (χ3n) is 2.96. The predicted molar refractivity (Wildman–Crippen MR) is 75.1 cm³/mol. The van der Waals surface area contributed by atoms with Gasteiger partial charge in [0.15, 0.2) is 0 Å². The fourth-order valence-electron chi connectivity index (χ4n) is 1.91. The third-order valence-corrected chi connectivity index (χ3v) is 2.96. The number of nitrogens with zero attached hydrogens (tertiary/aromatic N) is 1. The highest BCUT2D eigenvalue weighted by Gasteiger charge is 2.01. The van der Waals surface area contributed by atoms with Crippen molar-refractivity contribution in [2.75, 3.05) is 32.8 Å². The molecule has 0 heterocycles. The van der Waals surface area contributed by atoms with Crippen molar-refractivity contribution in [3.63, 3.8) is 0 Å². The lowest BCUT2D eigenvalue weighted by molar-refractivity contribution is 0.213. The normalized spacial score (nSPS) is 10.9. The Hall–Kier alpha value is -1.06. The van der Waals surface area contributed by atoms with Crippen molar-refractivity contribution in [2.24, 2.45) is 0 Å². The molecule has 0 radical (unpaired) electrons. The van der Waals surface area contributed by atoms with E-state index in [0.717, 1.165) is 44.8 Å². The molecule has 0 saturated heterocycles. The molecule has 1 N–H and O–H groups in total. The molecule has 3 heteroatoms. The number of rotatable bonds is 9. The van der Waals surface area contributed by atoms with E-state index >= 15 is 0 Å². The second kappa shape index (κ2) is 8.95. The number of ether oxygens (including phenoxy) is 1. The van der Waals surface area contributed by atoms with Crippen molar-refractivity contribution in [2.45, 2.75) is 26.7 Å². The number of aryl methyl sites for hydroxylation is 1. The Morgan fingerprint density at radius 1 is 1.22 bits per heavy atom. The first kappa shape index (κ1) is 15.0. The fraction of sp³-hybridized carbons (Fsp3) is 0.600. The predicted octanol–water partition coefficient (Wildman–Crippen LogP) is 2.47. The lowest BCUT2D eigenvalue weighted by Crippen LogP contribution is -2.27. The highest BCUT2D eigenvalue weighted by molar-refractivity contribution is 5.27. The summed E-state index contributed by atoms with van der Waals surface area (Å²) in [6.07, 6.45) is 1.87. The molecule has 0 atom stereocenters. The summed E-state index contributed by atoms with van der Waals surface area (Å²) in [4.78, 5) is 2.34. The maximum atomic E-state index is 8.81. The topological polar surface area (TPSA) is 32.7 Å². The van der Waals surface area contributed by atoms with E-state index in [1.165, 1.54) is 5.56 Å². The SMILES string of the molecule is CCN(CCCO)CCCOc1cccc(C)c1. The van der Waals surface area contributed by atoms with Gasteiger partial charge in [-0.15, -0.1) is 0 Å². The summed E-state index contributed by atoms with van der Waals surface area (Å²) in [7, 11) is 0. The molecule has 0 saturated carbocycles. The monoisotopic (exact) mass is 251 g/mol. The van der Waals surface area contributed by atoms with Gasteiger partial charge in [0, 0.05) is 19.7 Å². The molecule has 0 aliphatic heterocycles. The minimum absolute atomic E-state index is 0.274. The van der Waals surface area contributed by atoms with Gasteiger partial charge in [0.2, 0.25) is 0 Å².